The first-order valence-corrected chi connectivity index (χ1v) is 6.86. The zero-order chi connectivity index (χ0) is 14.6. The van der Waals surface area contributed by atoms with E-state index in [0.717, 1.165) is 17.3 Å². The molecule has 2 atom stereocenters. The molecule has 0 N–H and O–H groups in total. The molecule has 1 fully saturated rings. The smallest absolute Gasteiger partial charge is 0.425 e. The Morgan fingerprint density at radius 1 is 1.21 bits per heavy atom. The van der Waals surface area contributed by atoms with Crippen LogP contribution in [-0.2, 0) is 14.3 Å². The van der Waals surface area contributed by atoms with Gasteiger partial charge in [-0.05, 0) is 33.6 Å². The highest BCUT2D eigenvalue weighted by Gasteiger charge is 2.38. The largest absolute Gasteiger partial charge is 0.469 e. The zero-order valence-corrected chi connectivity index (χ0v) is 12.7. The van der Waals surface area contributed by atoms with E-state index < -0.39 is 11.7 Å². The van der Waals surface area contributed by atoms with Crippen LogP contribution in [0, 0.1) is 5.92 Å². The minimum atomic E-state index is -0.616. The third kappa shape index (κ3) is 4.56. The van der Waals surface area contributed by atoms with Gasteiger partial charge in [0.2, 0.25) is 0 Å². The molecular formula is C13H22ClNO4. The molecule has 0 spiro atoms. The standard InChI is InChI=1S/C13H22ClNO4/c1-13(2,3)19-12(17)15(14)10-8-6-5-7-9(10)11(16)18-4/h9-10H,5-8H2,1-4H3/t9-,10+/m0/s1. The molecule has 110 valence electrons. The minimum Gasteiger partial charge on any atom is -0.469 e. The van der Waals surface area contributed by atoms with Gasteiger partial charge in [-0.2, -0.15) is 0 Å². The topological polar surface area (TPSA) is 55.8 Å². The molecule has 0 aromatic heterocycles. The van der Waals surface area contributed by atoms with Crippen molar-refractivity contribution in [2.24, 2.45) is 5.92 Å². The van der Waals surface area contributed by atoms with E-state index in [-0.39, 0.29) is 17.9 Å². The maximum Gasteiger partial charge on any atom is 0.425 e. The first-order valence-electron chi connectivity index (χ1n) is 6.52. The molecule has 1 amide bonds. The van der Waals surface area contributed by atoms with E-state index in [9.17, 15) is 9.59 Å². The lowest BCUT2D eigenvalue weighted by Gasteiger charge is -2.35. The molecular weight excluding hydrogens is 270 g/mol. The lowest BCUT2D eigenvalue weighted by molar-refractivity contribution is -0.148. The highest BCUT2D eigenvalue weighted by atomic mass is 35.5. The number of amides is 1. The first-order chi connectivity index (χ1) is 8.76. The lowest BCUT2D eigenvalue weighted by atomic mass is 9.84. The van der Waals surface area contributed by atoms with Crippen molar-refractivity contribution >= 4 is 23.8 Å². The Morgan fingerprint density at radius 2 is 1.79 bits per heavy atom. The van der Waals surface area contributed by atoms with Gasteiger partial charge in [-0.15, -0.1) is 0 Å². The van der Waals surface area contributed by atoms with E-state index in [1.165, 1.54) is 7.11 Å². The number of esters is 1. The van der Waals surface area contributed by atoms with Crippen molar-refractivity contribution in [3.05, 3.63) is 0 Å². The summed E-state index contributed by atoms with van der Waals surface area (Å²) in [5.74, 6) is -0.692. The summed E-state index contributed by atoms with van der Waals surface area (Å²) < 4.78 is 11.0. The van der Waals surface area contributed by atoms with Gasteiger partial charge in [-0.1, -0.05) is 12.8 Å². The molecule has 6 heteroatoms. The Labute approximate surface area is 119 Å². The molecule has 0 aromatic carbocycles. The van der Waals surface area contributed by atoms with Crippen LogP contribution in [0.4, 0.5) is 4.79 Å². The molecule has 1 aliphatic carbocycles. The van der Waals surface area contributed by atoms with Gasteiger partial charge in [-0.25, -0.2) is 9.21 Å². The van der Waals surface area contributed by atoms with Crippen molar-refractivity contribution in [3.8, 4) is 0 Å². The van der Waals surface area contributed by atoms with Crippen LogP contribution in [0.5, 0.6) is 0 Å². The predicted molar refractivity (Wildman–Crippen MR) is 71.7 cm³/mol. The van der Waals surface area contributed by atoms with Gasteiger partial charge in [0.1, 0.15) is 5.60 Å². The van der Waals surface area contributed by atoms with Crippen LogP contribution >= 0.6 is 11.8 Å². The van der Waals surface area contributed by atoms with E-state index >= 15 is 0 Å². The molecule has 0 aliphatic heterocycles. The molecule has 0 bridgehead atoms. The highest BCUT2D eigenvalue weighted by Crippen LogP contribution is 2.31. The number of carbonyl (C=O) groups excluding carboxylic acids is 2. The van der Waals surface area contributed by atoms with E-state index in [2.05, 4.69) is 0 Å². The van der Waals surface area contributed by atoms with Crippen LogP contribution in [0.15, 0.2) is 0 Å². The summed E-state index contributed by atoms with van der Waals surface area (Å²) in [6.45, 7) is 5.32. The number of rotatable bonds is 2. The van der Waals surface area contributed by atoms with Gasteiger partial charge >= 0.3 is 12.1 Å². The first kappa shape index (κ1) is 16.1. The zero-order valence-electron chi connectivity index (χ0n) is 11.9. The summed E-state index contributed by atoms with van der Waals surface area (Å²) in [4.78, 5) is 23.7. The average Bonchev–Trinajstić information content (AvgIpc) is 2.35. The minimum absolute atomic E-state index is 0.320. The Bertz CT molecular complexity index is 340. The molecule has 1 rings (SSSR count). The number of ether oxygens (including phenoxy) is 2. The maximum absolute atomic E-state index is 11.9. The lowest BCUT2D eigenvalue weighted by Crippen LogP contribution is -2.45. The van der Waals surface area contributed by atoms with Crippen molar-refractivity contribution in [1.29, 1.82) is 0 Å². The van der Waals surface area contributed by atoms with E-state index in [1.807, 2.05) is 0 Å². The van der Waals surface area contributed by atoms with Crippen LogP contribution in [0.2, 0.25) is 0 Å². The van der Waals surface area contributed by atoms with Crippen molar-refractivity contribution in [2.75, 3.05) is 7.11 Å². The predicted octanol–water partition coefficient (Wildman–Crippen LogP) is 3.11. The molecule has 5 nitrogen and oxygen atoms in total. The average molecular weight is 292 g/mol. The quantitative estimate of drug-likeness (QED) is 0.579. The molecule has 0 unspecified atom stereocenters. The van der Waals surface area contributed by atoms with E-state index in [4.69, 9.17) is 21.3 Å². The van der Waals surface area contributed by atoms with E-state index in [1.54, 1.807) is 20.8 Å². The van der Waals surface area contributed by atoms with Gasteiger partial charge in [0.15, 0.2) is 0 Å². The summed E-state index contributed by atoms with van der Waals surface area (Å²) in [6, 6.07) is -0.363. The number of hydrogen-bond acceptors (Lipinski definition) is 4. The summed E-state index contributed by atoms with van der Waals surface area (Å²) in [7, 11) is 1.35. The summed E-state index contributed by atoms with van der Waals surface area (Å²) in [5.41, 5.74) is -0.611. The summed E-state index contributed by atoms with van der Waals surface area (Å²) in [5, 5.41) is 0. The second-order valence-electron chi connectivity index (χ2n) is 5.77. The van der Waals surface area contributed by atoms with Gasteiger partial charge < -0.3 is 9.47 Å². The third-order valence-electron chi connectivity index (χ3n) is 3.09. The molecule has 19 heavy (non-hydrogen) atoms. The molecule has 0 radical (unpaired) electrons. The van der Waals surface area contributed by atoms with Crippen LogP contribution in [0.25, 0.3) is 0 Å². The van der Waals surface area contributed by atoms with Crippen molar-refractivity contribution in [3.63, 3.8) is 0 Å². The molecule has 0 saturated heterocycles. The van der Waals surface area contributed by atoms with Gasteiger partial charge in [0, 0.05) is 11.8 Å². The number of nitrogens with zero attached hydrogens (tertiary/aromatic N) is 1. The van der Waals surface area contributed by atoms with Crippen LogP contribution in [0.1, 0.15) is 46.5 Å². The van der Waals surface area contributed by atoms with Gasteiger partial charge in [0.25, 0.3) is 0 Å². The second-order valence-corrected chi connectivity index (χ2v) is 6.14. The monoisotopic (exact) mass is 291 g/mol. The Balaban J connectivity index is 2.74. The normalized spacial score (nSPS) is 23.6. The Kier molecular flexibility index (Phi) is 5.47. The summed E-state index contributed by atoms with van der Waals surface area (Å²) in [6.07, 6.45) is 2.63. The number of halogens is 1. The van der Waals surface area contributed by atoms with Crippen molar-refractivity contribution < 1.29 is 19.1 Å². The fourth-order valence-corrected chi connectivity index (χ4v) is 2.52. The second kappa shape index (κ2) is 6.46. The SMILES string of the molecule is COC(=O)[C@H]1CCCC[C@H]1N(Cl)C(=O)OC(C)(C)C. The maximum atomic E-state index is 11.9. The number of carbonyl (C=O) groups is 2. The highest BCUT2D eigenvalue weighted by molar-refractivity contribution is 6.20. The Hall–Kier alpha value is -0.970. The van der Waals surface area contributed by atoms with Gasteiger partial charge in [0.05, 0.1) is 19.1 Å². The molecule has 0 aromatic rings. The number of hydrogen-bond donors (Lipinski definition) is 0. The van der Waals surface area contributed by atoms with E-state index in [0.29, 0.717) is 12.8 Å². The number of methoxy groups -OCH3 is 1. The van der Waals surface area contributed by atoms with Crippen molar-refractivity contribution in [2.45, 2.75) is 58.1 Å². The fraction of sp³-hybridized carbons (Fsp3) is 0.846. The van der Waals surface area contributed by atoms with Crippen molar-refractivity contribution in [1.82, 2.24) is 4.42 Å². The fourth-order valence-electron chi connectivity index (χ4n) is 2.25. The third-order valence-corrected chi connectivity index (χ3v) is 3.48. The van der Waals surface area contributed by atoms with Crippen LogP contribution in [-0.4, -0.2) is 35.2 Å². The van der Waals surface area contributed by atoms with Crippen LogP contribution < -0.4 is 0 Å². The molecule has 1 aliphatic rings. The molecule has 0 heterocycles. The van der Waals surface area contributed by atoms with Crippen LogP contribution in [0.3, 0.4) is 0 Å². The Morgan fingerprint density at radius 3 is 2.32 bits per heavy atom. The summed E-state index contributed by atoms with van der Waals surface area (Å²) >= 11 is 6.06. The van der Waals surface area contributed by atoms with Gasteiger partial charge in [-0.3, -0.25) is 4.79 Å². The molecule has 1 saturated carbocycles.